The van der Waals surface area contributed by atoms with Crippen molar-refractivity contribution in [1.82, 2.24) is 15.0 Å². The van der Waals surface area contributed by atoms with E-state index in [9.17, 15) is 4.79 Å². The molecular formula is C18H29N3O4. The van der Waals surface area contributed by atoms with Gasteiger partial charge in [-0.05, 0) is 25.2 Å². The van der Waals surface area contributed by atoms with Gasteiger partial charge in [0.25, 0.3) is 5.91 Å². The molecule has 0 unspecified atom stereocenters. The van der Waals surface area contributed by atoms with Crippen LogP contribution in [0.15, 0.2) is 10.6 Å². The Morgan fingerprint density at radius 3 is 2.72 bits per heavy atom. The van der Waals surface area contributed by atoms with Crippen molar-refractivity contribution in [2.24, 2.45) is 11.3 Å². The Morgan fingerprint density at radius 2 is 2.12 bits per heavy atom. The number of ether oxygens (including phenoxy) is 2. The molecule has 0 aliphatic carbocycles. The van der Waals surface area contributed by atoms with Crippen LogP contribution in [0, 0.1) is 18.3 Å². The molecule has 0 bridgehead atoms. The van der Waals surface area contributed by atoms with E-state index in [2.05, 4.69) is 10.1 Å². The maximum absolute atomic E-state index is 12.6. The van der Waals surface area contributed by atoms with E-state index in [-0.39, 0.29) is 11.3 Å². The number of nitrogens with zero attached hydrogens (tertiary/aromatic N) is 3. The van der Waals surface area contributed by atoms with Gasteiger partial charge in [-0.25, -0.2) is 0 Å². The molecule has 0 radical (unpaired) electrons. The van der Waals surface area contributed by atoms with Gasteiger partial charge in [-0.3, -0.25) is 4.79 Å². The van der Waals surface area contributed by atoms with Crippen LogP contribution in [0.2, 0.25) is 0 Å². The monoisotopic (exact) mass is 351 g/mol. The summed E-state index contributed by atoms with van der Waals surface area (Å²) in [5.74, 6) is 1.16. The van der Waals surface area contributed by atoms with Crippen molar-refractivity contribution >= 4 is 5.91 Å². The first-order valence-electron chi connectivity index (χ1n) is 9.01. The topological polar surface area (TPSA) is 68.0 Å². The fraction of sp³-hybridized carbons (Fsp3) is 0.778. The number of amides is 1. The van der Waals surface area contributed by atoms with Crippen molar-refractivity contribution < 1.29 is 18.8 Å². The van der Waals surface area contributed by atoms with E-state index < -0.39 is 0 Å². The summed E-state index contributed by atoms with van der Waals surface area (Å²) in [4.78, 5) is 17.0. The Labute approximate surface area is 149 Å². The average molecular weight is 351 g/mol. The van der Waals surface area contributed by atoms with E-state index in [0.29, 0.717) is 17.4 Å². The summed E-state index contributed by atoms with van der Waals surface area (Å²) < 4.78 is 15.8. The molecule has 2 aliphatic rings. The molecule has 2 fully saturated rings. The number of carbonyl (C=O) groups excluding carboxylic acids is 1. The Bertz CT molecular complexity index is 581. The van der Waals surface area contributed by atoms with E-state index >= 15 is 0 Å². The number of hydrogen-bond donors (Lipinski definition) is 0. The van der Waals surface area contributed by atoms with Gasteiger partial charge < -0.3 is 23.8 Å². The molecule has 1 aromatic rings. The fourth-order valence-corrected chi connectivity index (χ4v) is 4.32. The number of hydrogen-bond acceptors (Lipinski definition) is 6. The van der Waals surface area contributed by atoms with E-state index in [1.54, 1.807) is 27.2 Å². The molecule has 1 atom stereocenters. The standard InChI is InChI=1S/C18H29N3O4/c1-14-10-16(19-25-14)17(22)21-6-4-18(5-7-21)13-20(8-9-23-2)11-15(18)12-24-3/h10,15H,4-9,11-13H2,1-3H3/t15-/m1/s1. The van der Waals surface area contributed by atoms with E-state index in [1.807, 2.05) is 4.90 Å². The first-order valence-corrected chi connectivity index (χ1v) is 9.01. The van der Waals surface area contributed by atoms with Crippen molar-refractivity contribution in [3.8, 4) is 0 Å². The van der Waals surface area contributed by atoms with Crippen LogP contribution in [0.1, 0.15) is 29.1 Å². The normalized spacial score (nSPS) is 23.5. The zero-order valence-corrected chi connectivity index (χ0v) is 15.5. The lowest BCUT2D eigenvalue weighted by Crippen LogP contribution is -2.47. The van der Waals surface area contributed by atoms with Gasteiger partial charge in [0.15, 0.2) is 5.69 Å². The molecule has 1 amide bonds. The molecule has 2 saturated heterocycles. The number of likely N-dealkylation sites (tertiary alicyclic amines) is 2. The van der Waals surface area contributed by atoms with E-state index in [0.717, 1.165) is 58.8 Å². The third-order valence-corrected chi connectivity index (χ3v) is 5.76. The number of rotatable bonds is 6. The van der Waals surface area contributed by atoms with Crippen LogP contribution in [-0.4, -0.2) is 81.0 Å². The van der Waals surface area contributed by atoms with Crippen LogP contribution < -0.4 is 0 Å². The Kier molecular flexibility index (Phi) is 5.76. The van der Waals surface area contributed by atoms with Gasteiger partial charge in [0.2, 0.25) is 0 Å². The molecule has 7 heteroatoms. The molecule has 7 nitrogen and oxygen atoms in total. The minimum atomic E-state index is -0.0239. The van der Waals surface area contributed by atoms with Crippen molar-refractivity contribution in [3.63, 3.8) is 0 Å². The summed E-state index contributed by atoms with van der Waals surface area (Å²) >= 11 is 0. The molecule has 0 saturated carbocycles. The molecule has 0 aromatic carbocycles. The zero-order valence-electron chi connectivity index (χ0n) is 15.5. The molecule has 1 aromatic heterocycles. The summed E-state index contributed by atoms with van der Waals surface area (Å²) in [6.45, 7) is 7.94. The summed E-state index contributed by atoms with van der Waals surface area (Å²) in [5.41, 5.74) is 0.648. The van der Waals surface area contributed by atoms with Crippen molar-refractivity contribution in [2.75, 3.05) is 60.2 Å². The van der Waals surface area contributed by atoms with Gasteiger partial charge >= 0.3 is 0 Å². The van der Waals surface area contributed by atoms with Crippen molar-refractivity contribution in [2.45, 2.75) is 19.8 Å². The molecule has 140 valence electrons. The summed E-state index contributed by atoms with van der Waals surface area (Å²) in [6.07, 6.45) is 2.01. The molecule has 0 N–H and O–H groups in total. The first-order chi connectivity index (χ1) is 12.1. The highest BCUT2D eigenvalue weighted by atomic mass is 16.5. The number of piperidine rings is 1. The summed E-state index contributed by atoms with van der Waals surface area (Å²) in [7, 11) is 3.52. The molecule has 1 spiro atoms. The van der Waals surface area contributed by atoms with E-state index in [1.165, 1.54) is 0 Å². The third-order valence-electron chi connectivity index (χ3n) is 5.76. The second-order valence-corrected chi connectivity index (χ2v) is 7.36. The molecule has 25 heavy (non-hydrogen) atoms. The average Bonchev–Trinajstić information content (AvgIpc) is 3.18. The number of methoxy groups -OCH3 is 2. The smallest absolute Gasteiger partial charge is 0.276 e. The maximum atomic E-state index is 12.6. The largest absolute Gasteiger partial charge is 0.384 e. The highest BCUT2D eigenvalue weighted by Crippen LogP contribution is 2.44. The number of carbonyl (C=O) groups is 1. The summed E-state index contributed by atoms with van der Waals surface area (Å²) in [6, 6.07) is 1.71. The van der Waals surface area contributed by atoms with Gasteiger partial charge in [-0.2, -0.15) is 0 Å². The minimum absolute atomic E-state index is 0.0239. The number of aryl methyl sites for hydroxylation is 1. The van der Waals surface area contributed by atoms with Gasteiger partial charge in [0.05, 0.1) is 13.2 Å². The molecule has 2 aliphatic heterocycles. The SMILES string of the molecule is COCCN1C[C@H](COC)C2(CCN(C(=O)c3cc(C)on3)CC2)C1. The van der Waals surface area contributed by atoms with E-state index in [4.69, 9.17) is 14.0 Å². The fourth-order valence-electron chi connectivity index (χ4n) is 4.32. The minimum Gasteiger partial charge on any atom is -0.384 e. The molecule has 3 rings (SSSR count). The van der Waals surface area contributed by atoms with Crippen LogP contribution >= 0.6 is 0 Å². The van der Waals surface area contributed by atoms with Gasteiger partial charge in [-0.15, -0.1) is 0 Å². The Morgan fingerprint density at radius 1 is 1.36 bits per heavy atom. The Balaban J connectivity index is 1.63. The Hall–Kier alpha value is -1.44. The van der Waals surface area contributed by atoms with Crippen molar-refractivity contribution in [3.05, 3.63) is 17.5 Å². The zero-order chi connectivity index (χ0) is 17.9. The lowest BCUT2D eigenvalue weighted by atomic mass is 9.71. The predicted molar refractivity (Wildman–Crippen MR) is 92.5 cm³/mol. The lowest BCUT2D eigenvalue weighted by molar-refractivity contribution is 0.0316. The number of aromatic nitrogens is 1. The van der Waals surface area contributed by atoms with Crippen LogP contribution in [-0.2, 0) is 9.47 Å². The lowest BCUT2D eigenvalue weighted by Gasteiger charge is -2.42. The molecule has 3 heterocycles. The first kappa shape index (κ1) is 18.4. The van der Waals surface area contributed by atoms with Crippen molar-refractivity contribution in [1.29, 1.82) is 0 Å². The predicted octanol–water partition coefficient (Wildman–Crippen LogP) is 1.43. The van der Waals surface area contributed by atoms with Gasteiger partial charge in [-0.1, -0.05) is 5.16 Å². The third kappa shape index (κ3) is 3.88. The highest BCUT2D eigenvalue weighted by molar-refractivity contribution is 5.92. The van der Waals surface area contributed by atoms with Gasteiger partial charge in [0, 0.05) is 58.9 Å². The summed E-state index contributed by atoms with van der Waals surface area (Å²) in [5, 5.41) is 3.86. The van der Waals surface area contributed by atoms with Gasteiger partial charge in [0.1, 0.15) is 5.76 Å². The quantitative estimate of drug-likeness (QED) is 0.772. The van der Waals surface area contributed by atoms with Crippen LogP contribution in [0.5, 0.6) is 0 Å². The maximum Gasteiger partial charge on any atom is 0.276 e. The van der Waals surface area contributed by atoms with Crippen LogP contribution in [0.4, 0.5) is 0 Å². The molecular weight excluding hydrogens is 322 g/mol. The van der Waals surface area contributed by atoms with Crippen LogP contribution in [0.25, 0.3) is 0 Å². The second-order valence-electron chi connectivity index (χ2n) is 7.36. The second kappa shape index (κ2) is 7.85. The van der Waals surface area contributed by atoms with Crippen LogP contribution in [0.3, 0.4) is 0 Å². The highest BCUT2D eigenvalue weighted by Gasteiger charge is 2.48.